The first-order chi connectivity index (χ1) is 9.60. The first kappa shape index (κ1) is 15.3. The van der Waals surface area contributed by atoms with Gasteiger partial charge in [0.05, 0.1) is 0 Å². The van der Waals surface area contributed by atoms with Crippen molar-refractivity contribution >= 4 is 10.8 Å². The summed E-state index contributed by atoms with van der Waals surface area (Å²) in [5, 5.41) is 3.24. The zero-order valence-electron chi connectivity index (χ0n) is 12.3. The van der Waals surface area contributed by atoms with Gasteiger partial charge in [-0.25, -0.2) is 0 Å². The summed E-state index contributed by atoms with van der Waals surface area (Å²) in [5.74, 6) is 3.38. The zero-order valence-corrected chi connectivity index (χ0v) is 13.2. The van der Waals surface area contributed by atoms with Gasteiger partial charge in [-0.2, -0.15) is 0 Å². The summed E-state index contributed by atoms with van der Waals surface area (Å²) in [6, 6.07) is 6.01. The molecule has 0 spiro atoms. The quantitative estimate of drug-likeness (QED) is 0.874. The van der Waals surface area contributed by atoms with Crippen LogP contribution < -0.4 is 14.8 Å². The van der Waals surface area contributed by atoms with Gasteiger partial charge in [-0.3, -0.25) is 4.21 Å². The first-order valence-corrected chi connectivity index (χ1v) is 8.50. The van der Waals surface area contributed by atoms with Gasteiger partial charge in [0, 0.05) is 28.3 Å². The highest BCUT2D eigenvalue weighted by Gasteiger charge is 2.18. The Bertz CT molecular complexity index is 476. The van der Waals surface area contributed by atoms with Gasteiger partial charge < -0.3 is 14.8 Å². The fourth-order valence-corrected chi connectivity index (χ4v) is 3.86. The van der Waals surface area contributed by atoms with Gasteiger partial charge in [-0.15, -0.1) is 0 Å². The van der Waals surface area contributed by atoms with E-state index in [-0.39, 0.29) is 6.04 Å². The highest BCUT2D eigenvalue weighted by Crippen LogP contribution is 2.32. The van der Waals surface area contributed by atoms with Crippen molar-refractivity contribution in [3.63, 3.8) is 0 Å². The molecule has 0 radical (unpaired) electrons. The molecule has 0 bridgehead atoms. The van der Waals surface area contributed by atoms with Crippen molar-refractivity contribution in [2.24, 2.45) is 5.92 Å². The van der Waals surface area contributed by atoms with Gasteiger partial charge in [0.25, 0.3) is 0 Å². The maximum Gasteiger partial charge on any atom is 0.161 e. The molecule has 0 aromatic heterocycles. The van der Waals surface area contributed by atoms with E-state index in [9.17, 15) is 4.21 Å². The van der Waals surface area contributed by atoms with Gasteiger partial charge in [0.2, 0.25) is 0 Å². The van der Waals surface area contributed by atoms with Crippen molar-refractivity contribution in [3.05, 3.63) is 23.8 Å². The normalized spacial score (nSPS) is 17.0. The average molecular weight is 297 g/mol. The van der Waals surface area contributed by atoms with Crippen molar-refractivity contribution < 1.29 is 13.7 Å². The molecule has 1 aromatic rings. The largest absolute Gasteiger partial charge is 0.486 e. The Hall–Kier alpha value is -1.07. The van der Waals surface area contributed by atoms with Crippen LogP contribution in [0.15, 0.2) is 18.2 Å². The Kier molecular flexibility index (Phi) is 5.43. The molecule has 112 valence electrons. The molecule has 1 heterocycles. The lowest BCUT2D eigenvalue weighted by molar-refractivity contribution is 0.171. The van der Waals surface area contributed by atoms with Crippen LogP contribution in [0.2, 0.25) is 0 Å². The molecule has 1 N–H and O–H groups in total. The SMILES string of the molecule is CNC(CS(=O)CC(C)C)c1ccc2c(c1)OCCO2. The van der Waals surface area contributed by atoms with Crippen LogP contribution in [0.25, 0.3) is 0 Å². The summed E-state index contributed by atoms with van der Waals surface area (Å²) < 4.78 is 23.2. The van der Waals surface area contributed by atoms with Crippen LogP contribution in [-0.4, -0.2) is 36.0 Å². The lowest BCUT2D eigenvalue weighted by Crippen LogP contribution is -2.25. The summed E-state index contributed by atoms with van der Waals surface area (Å²) in [7, 11) is 1.08. The molecule has 0 fully saturated rings. The molecule has 0 aliphatic carbocycles. The number of rotatable bonds is 6. The van der Waals surface area contributed by atoms with Crippen LogP contribution >= 0.6 is 0 Å². The van der Waals surface area contributed by atoms with Crippen molar-refractivity contribution in [1.82, 2.24) is 5.32 Å². The second kappa shape index (κ2) is 7.09. The maximum absolute atomic E-state index is 12.1. The molecular formula is C15H23NO3S. The van der Waals surface area contributed by atoms with Crippen LogP contribution in [0.4, 0.5) is 0 Å². The molecule has 20 heavy (non-hydrogen) atoms. The van der Waals surface area contributed by atoms with E-state index < -0.39 is 10.8 Å². The molecule has 0 saturated heterocycles. The predicted molar refractivity (Wildman–Crippen MR) is 81.9 cm³/mol. The van der Waals surface area contributed by atoms with Crippen molar-refractivity contribution in [1.29, 1.82) is 0 Å². The molecule has 5 heteroatoms. The van der Waals surface area contributed by atoms with Gasteiger partial charge in [-0.1, -0.05) is 19.9 Å². The van der Waals surface area contributed by atoms with Crippen LogP contribution in [0.5, 0.6) is 11.5 Å². The van der Waals surface area contributed by atoms with Crippen LogP contribution in [0.3, 0.4) is 0 Å². The smallest absolute Gasteiger partial charge is 0.161 e. The number of ether oxygens (including phenoxy) is 2. The van der Waals surface area contributed by atoms with E-state index in [1.54, 1.807) is 0 Å². The second-order valence-corrected chi connectivity index (χ2v) is 6.96. The zero-order chi connectivity index (χ0) is 14.5. The molecule has 1 aliphatic rings. The van der Waals surface area contributed by atoms with E-state index in [4.69, 9.17) is 9.47 Å². The summed E-state index contributed by atoms with van der Waals surface area (Å²) in [6.07, 6.45) is 0. The Morgan fingerprint density at radius 3 is 2.55 bits per heavy atom. The third-order valence-electron chi connectivity index (χ3n) is 3.19. The van der Waals surface area contributed by atoms with E-state index in [2.05, 4.69) is 19.2 Å². The number of benzene rings is 1. The fourth-order valence-electron chi connectivity index (χ4n) is 2.25. The molecular weight excluding hydrogens is 274 g/mol. The third kappa shape index (κ3) is 3.96. The topological polar surface area (TPSA) is 47.6 Å². The minimum absolute atomic E-state index is 0.0745. The van der Waals surface area contributed by atoms with Gasteiger partial charge in [0.15, 0.2) is 11.5 Å². The number of fused-ring (bicyclic) bond motifs is 1. The summed E-state index contributed by atoms with van der Waals surface area (Å²) in [6.45, 7) is 5.37. The minimum Gasteiger partial charge on any atom is -0.486 e. The van der Waals surface area contributed by atoms with Crippen molar-refractivity contribution in [2.45, 2.75) is 19.9 Å². The minimum atomic E-state index is -0.817. The first-order valence-electron chi connectivity index (χ1n) is 7.02. The van der Waals surface area contributed by atoms with Crippen molar-refractivity contribution in [3.8, 4) is 11.5 Å². The van der Waals surface area contributed by atoms with Crippen LogP contribution in [-0.2, 0) is 10.8 Å². The number of nitrogens with one attached hydrogen (secondary N) is 1. The summed E-state index contributed by atoms with van der Waals surface area (Å²) in [4.78, 5) is 0. The molecule has 2 unspecified atom stereocenters. The average Bonchev–Trinajstić information content (AvgIpc) is 2.43. The van der Waals surface area contributed by atoms with E-state index in [1.165, 1.54) is 0 Å². The van der Waals surface area contributed by atoms with Gasteiger partial charge in [0.1, 0.15) is 13.2 Å². The lowest BCUT2D eigenvalue weighted by Gasteiger charge is -2.22. The van der Waals surface area contributed by atoms with Gasteiger partial charge >= 0.3 is 0 Å². The molecule has 2 rings (SSSR count). The maximum atomic E-state index is 12.1. The second-order valence-electron chi connectivity index (χ2n) is 5.41. The Morgan fingerprint density at radius 2 is 1.90 bits per heavy atom. The Labute approximate surface area is 123 Å². The van der Waals surface area contributed by atoms with Crippen LogP contribution in [0, 0.1) is 5.92 Å². The molecule has 2 atom stereocenters. The molecule has 4 nitrogen and oxygen atoms in total. The summed E-state index contributed by atoms with van der Waals surface area (Å²) in [5.41, 5.74) is 1.09. The number of hydrogen-bond acceptors (Lipinski definition) is 4. The van der Waals surface area contributed by atoms with E-state index in [0.29, 0.717) is 24.9 Å². The Morgan fingerprint density at radius 1 is 1.20 bits per heavy atom. The molecule has 0 saturated carbocycles. The highest BCUT2D eigenvalue weighted by atomic mass is 32.2. The molecule has 0 amide bonds. The van der Waals surface area contributed by atoms with Gasteiger partial charge in [-0.05, 0) is 30.7 Å². The van der Waals surface area contributed by atoms with E-state index >= 15 is 0 Å². The third-order valence-corrected chi connectivity index (χ3v) is 4.93. The standard InChI is InChI=1S/C15H23NO3S/c1-11(2)9-20(17)10-13(16-3)12-4-5-14-15(8-12)19-7-6-18-14/h4-5,8,11,13,16H,6-7,9-10H2,1-3H3. The van der Waals surface area contributed by atoms with E-state index in [0.717, 1.165) is 22.8 Å². The van der Waals surface area contributed by atoms with Crippen LogP contribution in [0.1, 0.15) is 25.5 Å². The lowest BCUT2D eigenvalue weighted by atomic mass is 10.1. The van der Waals surface area contributed by atoms with E-state index in [1.807, 2.05) is 25.2 Å². The predicted octanol–water partition coefficient (Wildman–Crippen LogP) is 2.12. The molecule has 1 aliphatic heterocycles. The highest BCUT2D eigenvalue weighted by molar-refractivity contribution is 7.85. The summed E-state index contributed by atoms with van der Waals surface area (Å²) >= 11 is 0. The number of hydrogen-bond donors (Lipinski definition) is 1. The molecule has 1 aromatic carbocycles. The van der Waals surface area contributed by atoms with Crippen molar-refractivity contribution in [2.75, 3.05) is 31.8 Å². The monoisotopic (exact) mass is 297 g/mol. The Balaban J connectivity index is 2.09. The fraction of sp³-hybridized carbons (Fsp3) is 0.600.